The molecule has 0 bridgehead atoms. The number of aryl methyl sites for hydroxylation is 1. The second-order valence-electron chi connectivity index (χ2n) is 4.80. The molecule has 0 unspecified atom stereocenters. The Hall–Kier alpha value is -2.82. The second-order valence-corrected chi connectivity index (χ2v) is 4.80. The number of phenolic OH excluding ortho intramolecular Hbond substituents is 1. The first kappa shape index (κ1) is 13.2. The van der Waals surface area contributed by atoms with Crippen molar-refractivity contribution >= 4 is 5.82 Å². The molecule has 0 amide bonds. The average Bonchev–Trinajstić information content (AvgIpc) is 2.87. The van der Waals surface area contributed by atoms with Crippen molar-refractivity contribution in [1.82, 2.24) is 15.0 Å². The van der Waals surface area contributed by atoms with Crippen LogP contribution < -0.4 is 5.32 Å². The molecule has 0 saturated heterocycles. The van der Waals surface area contributed by atoms with E-state index in [2.05, 4.69) is 27.8 Å². The lowest BCUT2D eigenvalue weighted by molar-refractivity contribution is 0.475. The highest BCUT2D eigenvalue weighted by Gasteiger charge is 2.12. The smallest absolute Gasteiger partial charge is 0.152 e. The van der Waals surface area contributed by atoms with Crippen molar-refractivity contribution < 1.29 is 5.11 Å². The number of hydrogen-bond donors (Lipinski definition) is 2. The van der Waals surface area contributed by atoms with E-state index in [0.717, 1.165) is 17.1 Å². The van der Waals surface area contributed by atoms with Crippen LogP contribution in [0.2, 0.25) is 0 Å². The van der Waals surface area contributed by atoms with Crippen LogP contribution in [-0.4, -0.2) is 20.1 Å². The SMILES string of the molecule is Cn1nnc(-c2cccc(O)c2)c1NCc1ccccc1. The Bertz CT molecular complexity index is 737. The third-order valence-electron chi connectivity index (χ3n) is 3.25. The Morgan fingerprint density at radius 1 is 1.10 bits per heavy atom. The summed E-state index contributed by atoms with van der Waals surface area (Å²) >= 11 is 0. The third kappa shape index (κ3) is 2.86. The molecular formula is C16H16N4O. The molecule has 0 spiro atoms. The van der Waals surface area contributed by atoms with Gasteiger partial charge in [0.05, 0.1) is 0 Å². The highest BCUT2D eigenvalue weighted by Crippen LogP contribution is 2.27. The minimum absolute atomic E-state index is 0.215. The fraction of sp³-hybridized carbons (Fsp3) is 0.125. The molecule has 0 aliphatic carbocycles. The number of aromatic nitrogens is 3. The molecule has 1 heterocycles. The van der Waals surface area contributed by atoms with Gasteiger partial charge in [-0.3, -0.25) is 0 Å². The molecule has 2 aromatic carbocycles. The van der Waals surface area contributed by atoms with E-state index in [4.69, 9.17) is 0 Å². The topological polar surface area (TPSA) is 63.0 Å². The molecule has 3 aromatic rings. The minimum atomic E-state index is 0.215. The lowest BCUT2D eigenvalue weighted by Gasteiger charge is -2.08. The van der Waals surface area contributed by atoms with Crippen molar-refractivity contribution in [2.24, 2.45) is 7.05 Å². The zero-order chi connectivity index (χ0) is 14.7. The Morgan fingerprint density at radius 2 is 1.90 bits per heavy atom. The Balaban J connectivity index is 1.87. The van der Waals surface area contributed by atoms with E-state index in [9.17, 15) is 5.11 Å². The van der Waals surface area contributed by atoms with Gasteiger partial charge in [0.1, 0.15) is 11.4 Å². The summed E-state index contributed by atoms with van der Waals surface area (Å²) in [7, 11) is 1.84. The lowest BCUT2D eigenvalue weighted by atomic mass is 10.1. The molecule has 0 saturated carbocycles. The number of anilines is 1. The number of hydrogen-bond acceptors (Lipinski definition) is 4. The van der Waals surface area contributed by atoms with Crippen molar-refractivity contribution in [2.75, 3.05) is 5.32 Å². The van der Waals surface area contributed by atoms with Gasteiger partial charge in [0.2, 0.25) is 0 Å². The molecule has 5 nitrogen and oxygen atoms in total. The monoisotopic (exact) mass is 280 g/mol. The maximum atomic E-state index is 9.60. The van der Waals surface area contributed by atoms with E-state index < -0.39 is 0 Å². The summed E-state index contributed by atoms with van der Waals surface area (Å²) in [5, 5.41) is 21.2. The van der Waals surface area contributed by atoms with E-state index in [0.29, 0.717) is 6.54 Å². The lowest BCUT2D eigenvalue weighted by Crippen LogP contribution is -2.05. The first-order chi connectivity index (χ1) is 10.2. The van der Waals surface area contributed by atoms with Crippen molar-refractivity contribution in [3.8, 4) is 17.0 Å². The van der Waals surface area contributed by atoms with Gasteiger partial charge in [-0.25, -0.2) is 4.68 Å². The molecule has 0 radical (unpaired) electrons. The summed E-state index contributed by atoms with van der Waals surface area (Å²) in [6, 6.07) is 17.1. The van der Waals surface area contributed by atoms with Gasteiger partial charge in [0, 0.05) is 19.2 Å². The van der Waals surface area contributed by atoms with E-state index in [1.54, 1.807) is 22.9 Å². The number of nitrogens with zero attached hydrogens (tertiary/aromatic N) is 3. The Labute approximate surface area is 122 Å². The number of benzene rings is 2. The standard InChI is InChI=1S/C16H16N4O/c1-20-16(17-11-12-6-3-2-4-7-12)15(18-19-20)13-8-5-9-14(21)10-13/h2-10,17,21H,11H2,1H3. The zero-order valence-electron chi connectivity index (χ0n) is 11.7. The molecule has 0 aliphatic rings. The van der Waals surface area contributed by atoms with E-state index in [1.165, 1.54) is 5.56 Å². The van der Waals surface area contributed by atoms with Gasteiger partial charge in [-0.15, -0.1) is 5.10 Å². The molecule has 0 atom stereocenters. The predicted molar refractivity (Wildman–Crippen MR) is 81.9 cm³/mol. The van der Waals surface area contributed by atoms with Crippen LogP contribution in [0.5, 0.6) is 5.75 Å². The fourth-order valence-corrected chi connectivity index (χ4v) is 2.18. The number of aromatic hydroxyl groups is 1. The van der Waals surface area contributed by atoms with Gasteiger partial charge < -0.3 is 10.4 Å². The quantitative estimate of drug-likeness (QED) is 0.771. The average molecular weight is 280 g/mol. The van der Waals surface area contributed by atoms with Crippen LogP contribution in [0.3, 0.4) is 0 Å². The van der Waals surface area contributed by atoms with Crippen LogP contribution in [0.1, 0.15) is 5.56 Å². The van der Waals surface area contributed by atoms with Crippen LogP contribution in [0.25, 0.3) is 11.3 Å². The predicted octanol–water partition coefficient (Wildman–Crippen LogP) is 2.80. The fourth-order valence-electron chi connectivity index (χ4n) is 2.18. The Morgan fingerprint density at radius 3 is 2.67 bits per heavy atom. The molecular weight excluding hydrogens is 264 g/mol. The largest absolute Gasteiger partial charge is 0.508 e. The highest BCUT2D eigenvalue weighted by atomic mass is 16.3. The van der Waals surface area contributed by atoms with Gasteiger partial charge in [-0.1, -0.05) is 47.7 Å². The van der Waals surface area contributed by atoms with Gasteiger partial charge >= 0.3 is 0 Å². The van der Waals surface area contributed by atoms with Crippen LogP contribution >= 0.6 is 0 Å². The molecule has 106 valence electrons. The van der Waals surface area contributed by atoms with E-state index in [1.807, 2.05) is 31.3 Å². The molecule has 0 fully saturated rings. The summed E-state index contributed by atoms with van der Waals surface area (Å²) < 4.78 is 1.70. The maximum Gasteiger partial charge on any atom is 0.152 e. The van der Waals surface area contributed by atoms with Gasteiger partial charge in [-0.05, 0) is 17.7 Å². The maximum absolute atomic E-state index is 9.60. The molecule has 2 N–H and O–H groups in total. The van der Waals surface area contributed by atoms with Gasteiger partial charge in [-0.2, -0.15) is 0 Å². The van der Waals surface area contributed by atoms with Crippen LogP contribution in [-0.2, 0) is 13.6 Å². The summed E-state index contributed by atoms with van der Waals surface area (Å²) in [5.41, 5.74) is 2.74. The van der Waals surface area contributed by atoms with Crippen molar-refractivity contribution in [3.63, 3.8) is 0 Å². The summed E-state index contributed by atoms with van der Waals surface area (Å²) in [5.74, 6) is 1.04. The molecule has 5 heteroatoms. The first-order valence-electron chi connectivity index (χ1n) is 6.71. The van der Waals surface area contributed by atoms with Crippen LogP contribution in [0.15, 0.2) is 54.6 Å². The third-order valence-corrected chi connectivity index (χ3v) is 3.25. The number of rotatable bonds is 4. The molecule has 3 rings (SSSR count). The minimum Gasteiger partial charge on any atom is -0.508 e. The number of nitrogens with one attached hydrogen (secondary N) is 1. The van der Waals surface area contributed by atoms with Gasteiger partial charge in [0.15, 0.2) is 5.82 Å². The molecule has 21 heavy (non-hydrogen) atoms. The summed E-state index contributed by atoms with van der Waals surface area (Å²) in [6.45, 7) is 0.688. The normalized spacial score (nSPS) is 10.5. The van der Waals surface area contributed by atoms with Crippen molar-refractivity contribution in [1.29, 1.82) is 0 Å². The number of phenols is 1. The second kappa shape index (κ2) is 5.66. The zero-order valence-corrected chi connectivity index (χ0v) is 11.7. The summed E-state index contributed by atoms with van der Waals surface area (Å²) in [4.78, 5) is 0. The van der Waals surface area contributed by atoms with Crippen molar-refractivity contribution in [3.05, 3.63) is 60.2 Å². The van der Waals surface area contributed by atoms with E-state index in [-0.39, 0.29) is 5.75 Å². The molecule has 0 aliphatic heterocycles. The van der Waals surface area contributed by atoms with Crippen LogP contribution in [0, 0.1) is 0 Å². The van der Waals surface area contributed by atoms with E-state index >= 15 is 0 Å². The Kier molecular flexibility index (Phi) is 3.55. The summed E-state index contributed by atoms with van der Waals surface area (Å²) in [6.07, 6.45) is 0. The van der Waals surface area contributed by atoms with Crippen LogP contribution in [0.4, 0.5) is 5.82 Å². The van der Waals surface area contributed by atoms with Crippen molar-refractivity contribution in [2.45, 2.75) is 6.54 Å². The van der Waals surface area contributed by atoms with Gasteiger partial charge in [0.25, 0.3) is 0 Å². The molecule has 1 aromatic heterocycles. The highest BCUT2D eigenvalue weighted by molar-refractivity contribution is 5.72. The first-order valence-corrected chi connectivity index (χ1v) is 6.71.